The van der Waals surface area contributed by atoms with Gasteiger partial charge < -0.3 is 15.8 Å². The van der Waals surface area contributed by atoms with Crippen LogP contribution < -0.4 is 11.1 Å². The summed E-state index contributed by atoms with van der Waals surface area (Å²) in [5, 5.41) is 9.06. The molecule has 0 radical (unpaired) electrons. The Morgan fingerprint density at radius 3 is 3.00 bits per heavy atom. The lowest BCUT2D eigenvalue weighted by Crippen LogP contribution is -2.42. The molecule has 0 spiro atoms. The van der Waals surface area contributed by atoms with Crippen LogP contribution in [-0.2, 0) is 17.9 Å². The fraction of sp³-hybridized carbons (Fsp3) is 0.474. The summed E-state index contributed by atoms with van der Waals surface area (Å²) in [7, 11) is 0. The number of ether oxygens (including phenoxy) is 1. The zero-order chi connectivity index (χ0) is 18.2. The smallest absolute Gasteiger partial charge is 0.223 e. The average molecular weight is 365 g/mol. The maximum atomic E-state index is 6.26. The van der Waals surface area contributed by atoms with Crippen LogP contribution in [0.25, 0.3) is 22.2 Å². The highest BCUT2D eigenvalue weighted by molar-refractivity contribution is 5.91. The molecule has 140 valence electrons. The van der Waals surface area contributed by atoms with E-state index in [0.717, 1.165) is 47.2 Å². The van der Waals surface area contributed by atoms with Gasteiger partial charge in [0.2, 0.25) is 5.95 Å². The van der Waals surface area contributed by atoms with Crippen LogP contribution in [0.2, 0.25) is 0 Å². The molecule has 1 aliphatic carbocycles. The molecule has 1 saturated carbocycles. The maximum absolute atomic E-state index is 6.26. The minimum Gasteiger partial charge on any atom is -0.373 e. The molecule has 0 unspecified atom stereocenters. The Hall–Kier alpha value is -2.58. The summed E-state index contributed by atoms with van der Waals surface area (Å²) < 4.78 is 7.52. The predicted molar refractivity (Wildman–Crippen MR) is 102 cm³/mol. The molecule has 1 fully saturated rings. The Kier molecular flexibility index (Phi) is 4.21. The van der Waals surface area contributed by atoms with Gasteiger partial charge in [0.05, 0.1) is 36.7 Å². The van der Waals surface area contributed by atoms with Crippen molar-refractivity contribution in [3.63, 3.8) is 0 Å². The summed E-state index contributed by atoms with van der Waals surface area (Å²) in [6.07, 6.45) is 9.91. The predicted octanol–water partition coefficient (Wildman–Crippen LogP) is 2.10. The molecule has 2 atom stereocenters. The molecular formula is C19H23N7O. The Bertz CT molecular complexity index is 946. The number of nitrogens with one attached hydrogen (secondary N) is 1. The number of hydrogen-bond donors (Lipinski definition) is 2. The fourth-order valence-corrected chi connectivity index (χ4v) is 3.94. The van der Waals surface area contributed by atoms with Crippen molar-refractivity contribution in [3.05, 3.63) is 30.4 Å². The highest BCUT2D eigenvalue weighted by Crippen LogP contribution is 2.28. The average Bonchev–Trinajstić information content (AvgIpc) is 3.13. The molecule has 5 rings (SSSR count). The van der Waals surface area contributed by atoms with E-state index >= 15 is 0 Å². The molecule has 0 amide bonds. The molecule has 3 aromatic heterocycles. The zero-order valence-electron chi connectivity index (χ0n) is 15.1. The highest BCUT2D eigenvalue weighted by Gasteiger charge is 2.23. The van der Waals surface area contributed by atoms with Crippen molar-refractivity contribution >= 4 is 16.9 Å². The van der Waals surface area contributed by atoms with Crippen molar-refractivity contribution < 1.29 is 4.74 Å². The summed E-state index contributed by atoms with van der Waals surface area (Å²) in [5.74, 6) is 0.615. The number of rotatable bonds is 3. The Morgan fingerprint density at radius 1 is 1.19 bits per heavy atom. The lowest BCUT2D eigenvalue weighted by Gasteiger charge is -2.29. The van der Waals surface area contributed by atoms with Crippen LogP contribution in [0.15, 0.2) is 24.7 Å². The van der Waals surface area contributed by atoms with Gasteiger partial charge >= 0.3 is 0 Å². The van der Waals surface area contributed by atoms with E-state index in [4.69, 9.17) is 20.6 Å². The number of fused-ring (bicyclic) bond motifs is 2. The molecule has 0 bridgehead atoms. The van der Waals surface area contributed by atoms with Gasteiger partial charge in [-0.2, -0.15) is 5.10 Å². The van der Waals surface area contributed by atoms with Gasteiger partial charge in [0.25, 0.3) is 0 Å². The quantitative estimate of drug-likeness (QED) is 0.732. The second kappa shape index (κ2) is 6.86. The van der Waals surface area contributed by atoms with Gasteiger partial charge in [-0.1, -0.05) is 12.8 Å². The van der Waals surface area contributed by atoms with E-state index < -0.39 is 0 Å². The number of nitrogens with two attached hydrogens (primary N) is 1. The van der Waals surface area contributed by atoms with Crippen molar-refractivity contribution in [2.45, 2.75) is 50.9 Å². The minimum atomic E-state index is 0.148. The SMILES string of the molecule is N[C@@H]1CCCC[C@@H]1Nc1ncc2cncc(-c3cc4n(n3)CCOC4)c2n1. The summed E-state index contributed by atoms with van der Waals surface area (Å²) in [6.45, 7) is 2.06. The van der Waals surface area contributed by atoms with Crippen LogP contribution in [0.4, 0.5) is 5.95 Å². The number of pyridine rings is 1. The van der Waals surface area contributed by atoms with E-state index in [0.29, 0.717) is 19.2 Å². The minimum absolute atomic E-state index is 0.148. The number of anilines is 1. The molecule has 1 aliphatic heterocycles. The summed E-state index contributed by atoms with van der Waals surface area (Å²) in [6, 6.07) is 2.43. The van der Waals surface area contributed by atoms with E-state index in [-0.39, 0.29) is 12.1 Å². The lowest BCUT2D eigenvalue weighted by molar-refractivity contribution is 0.0801. The zero-order valence-corrected chi connectivity index (χ0v) is 15.1. The molecule has 3 aromatic rings. The molecule has 27 heavy (non-hydrogen) atoms. The van der Waals surface area contributed by atoms with Crippen LogP contribution in [-0.4, -0.2) is 43.4 Å². The van der Waals surface area contributed by atoms with Gasteiger partial charge in [-0.05, 0) is 18.9 Å². The number of nitrogens with zero attached hydrogens (tertiary/aromatic N) is 5. The van der Waals surface area contributed by atoms with Crippen molar-refractivity contribution in [3.8, 4) is 11.3 Å². The first-order valence-electron chi connectivity index (χ1n) is 9.55. The molecule has 8 heteroatoms. The normalized spacial score (nSPS) is 22.6. The van der Waals surface area contributed by atoms with Crippen LogP contribution in [0, 0.1) is 0 Å². The standard InChI is InChI=1S/C19H23N7O/c20-15-3-1-2-4-16(15)23-19-22-9-12-8-21-10-14(18(12)24-19)17-7-13-11-27-6-5-26(13)25-17/h7-10,15-16H,1-6,11,20H2,(H,22,23,24)/t15-,16+/m1/s1. The van der Waals surface area contributed by atoms with Crippen molar-refractivity contribution in [2.75, 3.05) is 11.9 Å². The van der Waals surface area contributed by atoms with E-state index in [1.165, 1.54) is 12.8 Å². The third-order valence-electron chi connectivity index (χ3n) is 5.46. The third-order valence-corrected chi connectivity index (χ3v) is 5.46. The van der Waals surface area contributed by atoms with Crippen molar-refractivity contribution in [2.24, 2.45) is 5.73 Å². The van der Waals surface area contributed by atoms with Gasteiger partial charge in [-0.15, -0.1) is 0 Å². The van der Waals surface area contributed by atoms with E-state index in [2.05, 4.69) is 21.4 Å². The topological polar surface area (TPSA) is 104 Å². The van der Waals surface area contributed by atoms with Gasteiger partial charge in [0.15, 0.2) is 0 Å². The highest BCUT2D eigenvalue weighted by atomic mass is 16.5. The molecule has 0 saturated heterocycles. The second-order valence-electron chi connectivity index (χ2n) is 7.31. The summed E-state index contributed by atoms with van der Waals surface area (Å²) in [4.78, 5) is 13.6. The molecule has 0 aromatic carbocycles. The van der Waals surface area contributed by atoms with Crippen LogP contribution in [0.3, 0.4) is 0 Å². The van der Waals surface area contributed by atoms with Gasteiger partial charge in [-0.3, -0.25) is 9.67 Å². The molecule has 2 aliphatic rings. The number of aromatic nitrogens is 5. The lowest BCUT2D eigenvalue weighted by atomic mass is 9.91. The van der Waals surface area contributed by atoms with Gasteiger partial charge in [0.1, 0.15) is 0 Å². The van der Waals surface area contributed by atoms with Gasteiger partial charge in [0, 0.05) is 41.6 Å². The van der Waals surface area contributed by atoms with Crippen molar-refractivity contribution in [1.29, 1.82) is 0 Å². The van der Waals surface area contributed by atoms with E-state index in [1.54, 1.807) is 6.20 Å². The molecule has 8 nitrogen and oxygen atoms in total. The first-order valence-corrected chi connectivity index (χ1v) is 9.55. The molecule has 4 heterocycles. The third kappa shape index (κ3) is 3.15. The Balaban J connectivity index is 1.52. The van der Waals surface area contributed by atoms with Crippen LogP contribution >= 0.6 is 0 Å². The second-order valence-corrected chi connectivity index (χ2v) is 7.31. The van der Waals surface area contributed by atoms with Crippen LogP contribution in [0.5, 0.6) is 0 Å². The molecule has 3 N–H and O–H groups in total. The number of hydrogen-bond acceptors (Lipinski definition) is 7. The van der Waals surface area contributed by atoms with Crippen LogP contribution in [0.1, 0.15) is 31.4 Å². The first-order chi connectivity index (χ1) is 13.3. The van der Waals surface area contributed by atoms with Gasteiger partial charge in [-0.25, -0.2) is 9.97 Å². The largest absolute Gasteiger partial charge is 0.373 e. The summed E-state index contributed by atoms with van der Waals surface area (Å²) >= 11 is 0. The maximum Gasteiger partial charge on any atom is 0.223 e. The summed E-state index contributed by atoms with van der Waals surface area (Å²) in [5.41, 5.74) is 9.97. The Morgan fingerprint density at radius 2 is 2.11 bits per heavy atom. The van der Waals surface area contributed by atoms with E-state index in [9.17, 15) is 0 Å². The Labute approximate surface area is 157 Å². The van der Waals surface area contributed by atoms with E-state index in [1.807, 2.05) is 17.1 Å². The molecular weight excluding hydrogens is 342 g/mol. The fourth-order valence-electron chi connectivity index (χ4n) is 3.94. The monoisotopic (exact) mass is 365 g/mol. The van der Waals surface area contributed by atoms with Crippen molar-refractivity contribution in [1.82, 2.24) is 24.7 Å². The first kappa shape index (κ1) is 16.6.